The van der Waals surface area contributed by atoms with Gasteiger partial charge in [0.25, 0.3) is 15.7 Å². The lowest BCUT2D eigenvalue weighted by molar-refractivity contribution is -0.387. The van der Waals surface area contributed by atoms with Crippen LogP contribution in [0.4, 0.5) is 11.4 Å². The molecule has 0 heterocycles. The zero-order chi connectivity index (χ0) is 25.4. The van der Waals surface area contributed by atoms with Crippen molar-refractivity contribution in [2.45, 2.75) is 11.3 Å². The number of nitrogens with one attached hydrogen (secondary N) is 1. The standard InChI is InChI=1S/C24H25N3O7S/c1-33-19-12-13-20(22(16-19)34-2)26(17-24(28)25-15-14-18-8-4-3-5-9-18)35(31,32)23-11-7-6-10-21(23)27(29)30/h3-13,16H,14-15,17H2,1-2H3,(H,25,28). The van der Waals surface area contributed by atoms with Gasteiger partial charge in [0, 0.05) is 18.7 Å². The predicted octanol–water partition coefficient (Wildman–Crippen LogP) is 3.17. The molecule has 0 aliphatic heterocycles. The number of amides is 1. The van der Waals surface area contributed by atoms with E-state index < -0.39 is 38.0 Å². The smallest absolute Gasteiger partial charge is 0.289 e. The van der Waals surface area contributed by atoms with Crippen molar-refractivity contribution in [3.8, 4) is 11.5 Å². The summed E-state index contributed by atoms with van der Waals surface area (Å²) in [5.74, 6) is -0.0643. The van der Waals surface area contributed by atoms with Gasteiger partial charge >= 0.3 is 0 Å². The fraction of sp³-hybridized carbons (Fsp3) is 0.208. The Labute approximate surface area is 203 Å². The fourth-order valence-electron chi connectivity index (χ4n) is 3.41. The molecule has 0 fully saturated rings. The van der Waals surface area contributed by atoms with Gasteiger partial charge in [0.15, 0.2) is 4.90 Å². The van der Waals surface area contributed by atoms with E-state index in [1.807, 2.05) is 30.3 Å². The third-order valence-corrected chi connectivity index (χ3v) is 6.96. The van der Waals surface area contributed by atoms with Crippen molar-refractivity contribution in [3.05, 3.63) is 88.5 Å². The van der Waals surface area contributed by atoms with Crippen LogP contribution in [-0.2, 0) is 21.2 Å². The highest BCUT2D eigenvalue weighted by molar-refractivity contribution is 7.93. The number of sulfonamides is 1. The molecule has 1 N–H and O–H groups in total. The zero-order valence-electron chi connectivity index (χ0n) is 19.2. The summed E-state index contributed by atoms with van der Waals surface area (Å²) >= 11 is 0. The van der Waals surface area contributed by atoms with E-state index in [0.717, 1.165) is 22.0 Å². The molecule has 3 aromatic carbocycles. The molecule has 0 radical (unpaired) electrons. The zero-order valence-corrected chi connectivity index (χ0v) is 20.0. The molecule has 0 aliphatic carbocycles. The normalized spacial score (nSPS) is 10.9. The molecular weight excluding hydrogens is 474 g/mol. The Bertz CT molecular complexity index is 1300. The van der Waals surface area contributed by atoms with Crippen molar-refractivity contribution in [2.75, 3.05) is 31.6 Å². The number of hydrogen-bond acceptors (Lipinski definition) is 7. The fourth-order valence-corrected chi connectivity index (χ4v) is 5.00. The monoisotopic (exact) mass is 499 g/mol. The van der Waals surface area contributed by atoms with Crippen molar-refractivity contribution < 1.29 is 27.6 Å². The molecule has 0 aromatic heterocycles. The molecular formula is C24H25N3O7S. The Hall–Kier alpha value is -4.12. The molecule has 11 heteroatoms. The lowest BCUT2D eigenvalue weighted by Crippen LogP contribution is -2.41. The van der Waals surface area contributed by atoms with E-state index >= 15 is 0 Å². The number of methoxy groups -OCH3 is 2. The van der Waals surface area contributed by atoms with Gasteiger partial charge in [-0.1, -0.05) is 42.5 Å². The molecule has 3 rings (SSSR count). The van der Waals surface area contributed by atoms with E-state index in [1.54, 1.807) is 0 Å². The Morgan fingerprint density at radius 2 is 1.69 bits per heavy atom. The van der Waals surface area contributed by atoms with Crippen molar-refractivity contribution in [2.24, 2.45) is 0 Å². The van der Waals surface area contributed by atoms with Gasteiger partial charge in [-0.2, -0.15) is 0 Å². The highest BCUT2D eigenvalue weighted by Crippen LogP contribution is 2.37. The van der Waals surface area contributed by atoms with Crippen LogP contribution >= 0.6 is 0 Å². The molecule has 3 aromatic rings. The number of nitro benzene ring substituents is 1. The average Bonchev–Trinajstić information content (AvgIpc) is 2.87. The number of ether oxygens (including phenoxy) is 2. The van der Waals surface area contributed by atoms with Crippen LogP contribution in [0, 0.1) is 10.1 Å². The summed E-state index contributed by atoms with van der Waals surface area (Å²) < 4.78 is 38.6. The highest BCUT2D eigenvalue weighted by atomic mass is 32.2. The third-order valence-electron chi connectivity index (χ3n) is 5.15. The van der Waals surface area contributed by atoms with Crippen LogP contribution in [0.25, 0.3) is 0 Å². The SMILES string of the molecule is COc1ccc(N(CC(=O)NCCc2ccccc2)S(=O)(=O)c2ccccc2[N+](=O)[O-])c(OC)c1. The number of nitrogens with zero attached hydrogens (tertiary/aromatic N) is 2. The maximum absolute atomic E-state index is 13.7. The first kappa shape index (κ1) is 25.5. The van der Waals surface area contributed by atoms with Gasteiger partial charge in [-0.3, -0.25) is 19.2 Å². The van der Waals surface area contributed by atoms with E-state index in [4.69, 9.17) is 9.47 Å². The number of benzene rings is 3. The summed E-state index contributed by atoms with van der Waals surface area (Å²) in [6.07, 6.45) is 0.551. The van der Waals surface area contributed by atoms with Crippen LogP contribution in [0.3, 0.4) is 0 Å². The van der Waals surface area contributed by atoms with Gasteiger partial charge < -0.3 is 14.8 Å². The predicted molar refractivity (Wildman–Crippen MR) is 130 cm³/mol. The Morgan fingerprint density at radius 3 is 2.34 bits per heavy atom. The molecule has 1 amide bonds. The van der Waals surface area contributed by atoms with Crippen LogP contribution in [-0.4, -0.2) is 46.6 Å². The summed E-state index contributed by atoms with van der Waals surface area (Å²) in [7, 11) is -1.76. The van der Waals surface area contributed by atoms with E-state index in [9.17, 15) is 23.3 Å². The minimum atomic E-state index is -4.54. The van der Waals surface area contributed by atoms with Gasteiger partial charge in [-0.25, -0.2) is 8.42 Å². The number of para-hydroxylation sites is 1. The van der Waals surface area contributed by atoms with Crippen molar-refractivity contribution in [1.29, 1.82) is 0 Å². The molecule has 0 saturated carbocycles. The molecule has 0 atom stereocenters. The lowest BCUT2D eigenvalue weighted by atomic mass is 10.1. The van der Waals surface area contributed by atoms with Gasteiger partial charge in [0.2, 0.25) is 5.91 Å². The first-order valence-electron chi connectivity index (χ1n) is 10.6. The van der Waals surface area contributed by atoms with Gasteiger partial charge in [-0.05, 0) is 30.2 Å². The van der Waals surface area contributed by atoms with Crippen LogP contribution in [0.1, 0.15) is 5.56 Å². The Balaban J connectivity index is 1.97. The van der Waals surface area contributed by atoms with Gasteiger partial charge in [0.05, 0.1) is 24.8 Å². The topological polar surface area (TPSA) is 128 Å². The van der Waals surface area contributed by atoms with E-state index in [0.29, 0.717) is 12.2 Å². The molecule has 0 bridgehead atoms. The maximum Gasteiger partial charge on any atom is 0.289 e. The number of rotatable bonds is 11. The van der Waals surface area contributed by atoms with Crippen LogP contribution in [0.5, 0.6) is 11.5 Å². The maximum atomic E-state index is 13.7. The quantitative estimate of drug-likeness (QED) is 0.317. The van der Waals surface area contributed by atoms with Crippen LogP contribution in [0.15, 0.2) is 77.7 Å². The van der Waals surface area contributed by atoms with Crippen molar-refractivity contribution >= 4 is 27.3 Å². The summed E-state index contributed by atoms with van der Waals surface area (Å²) in [5.41, 5.74) is 0.438. The summed E-state index contributed by atoms with van der Waals surface area (Å²) in [6, 6.07) is 18.8. The lowest BCUT2D eigenvalue weighted by Gasteiger charge is -2.25. The molecule has 0 aliphatic rings. The number of nitro groups is 1. The van der Waals surface area contributed by atoms with Crippen molar-refractivity contribution in [3.63, 3.8) is 0 Å². The molecule has 0 unspecified atom stereocenters. The summed E-state index contributed by atoms with van der Waals surface area (Å²) in [5, 5.41) is 14.2. The number of carbonyl (C=O) groups excluding carboxylic acids is 1. The second kappa shape index (κ2) is 11.3. The molecule has 0 spiro atoms. The molecule has 184 valence electrons. The van der Waals surface area contributed by atoms with E-state index in [2.05, 4.69) is 5.32 Å². The third kappa shape index (κ3) is 6.07. The molecule has 35 heavy (non-hydrogen) atoms. The Kier molecular flexibility index (Phi) is 8.26. The van der Waals surface area contributed by atoms with Crippen LogP contribution < -0.4 is 19.1 Å². The molecule has 10 nitrogen and oxygen atoms in total. The first-order chi connectivity index (χ1) is 16.8. The van der Waals surface area contributed by atoms with Crippen molar-refractivity contribution in [1.82, 2.24) is 5.32 Å². The minimum absolute atomic E-state index is 0.0321. The highest BCUT2D eigenvalue weighted by Gasteiger charge is 2.34. The number of anilines is 1. The second-order valence-electron chi connectivity index (χ2n) is 7.36. The largest absolute Gasteiger partial charge is 0.497 e. The average molecular weight is 500 g/mol. The number of carbonyl (C=O) groups is 1. The van der Waals surface area contributed by atoms with Gasteiger partial charge in [0.1, 0.15) is 18.0 Å². The summed E-state index contributed by atoms with van der Waals surface area (Å²) in [6.45, 7) is -0.339. The minimum Gasteiger partial charge on any atom is -0.497 e. The Morgan fingerprint density at radius 1 is 1.00 bits per heavy atom. The van der Waals surface area contributed by atoms with Gasteiger partial charge in [-0.15, -0.1) is 0 Å². The van der Waals surface area contributed by atoms with Crippen LogP contribution in [0.2, 0.25) is 0 Å². The number of hydrogen-bond donors (Lipinski definition) is 1. The summed E-state index contributed by atoms with van der Waals surface area (Å²) in [4.78, 5) is 23.0. The van der Waals surface area contributed by atoms with E-state index in [-0.39, 0.29) is 18.0 Å². The molecule has 0 saturated heterocycles. The van der Waals surface area contributed by atoms with E-state index in [1.165, 1.54) is 44.6 Å². The first-order valence-corrected chi connectivity index (χ1v) is 12.0. The second-order valence-corrected chi connectivity index (χ2v) is 9.19.